The van der Waals surface area contributed by atoms with Crippen LogP contribution in [0.5, 0.6) is 11.5 Å². The SMILES string of the molecule is COc1cccc(OC2=CC(=O)N(C(C)CC(C)C)C2)c1. The summed E-state index contributed by atoms with van der Waals surface area (Å²) in [5, 5.41) is 0. The van der Waals surface area contributed by atoms with Gasteiger partial charge in [0.1, 0.15) is 17.3 Å². The van der Waals surface area contributed by atoms with E-state index in [9.17, 15) is 4.79 Å². The molecule has 0 radical (unpaired) electrons. The molecule has 4 heteroatoms. The normalized spacial score (nSPS) is 16.1. The van der Waals surface area contributed by atoms with Gasteiger partial charge in [-0.2, -0.15) is 0 Å². The average Bonchev–Trinajstić information content (AvgIpc) is 2.79. The van der Waals surface area contributed by atoms with Gasteiger partial charge < -0.3 is 14.4 Å². The molecule has 1 aromatic carbocycles. The minimum Gasteiger partial charge on any atom is -0.497 e. The number of carbonyl (C=O) groups excluding carboxylic acids is 1. The Labute approximate surface area is 126 Å². The maximum atomic E-state index is 12.1. The first-order valence-corrected chi connectivity index (χ1v) is 7.32. The van der Waals surface area contributed by atoms with Crippen LogP contribution in [0.1, 0.15) is 27.2 Å². The van der Waals surface area contributed by atoms with E-state index in [1.54, 1.807) is 13.2 Å². The van der Waals surface area contributed by atoms with Crippen molar-refractivity contribution in [3.05, 3.63) is 36.1 Å². The molecule has 0 aliphatic carbocycles. The molecule has 1 atom stereocenters. The Morgan fingerprint density at radius 1 is 1.24 bits per heavy atom. The van der Waals surface area contributed by atoms with E-state index in [1.807, 2.05) is 29.2 Å². The van der Waals surface area contributed by atoms with Gasteiger partial charge in [0, 0.05) is 18.2 Å². The van der Waals surface area contributed by atoms with Crippen molar-refractivity contribution >= 4 is 5.91 Å². The number of hydrogen-bond acceptors (Lipinski definition) is 3. The van der Waals surface area contributed by atoms with Gasteiger partial charge in [0.25, 0.3) is 5.91 Å². The lowest BCUT2D eigenvalue weighted by atomic mass is 10.0. The number of methoxy groups -OCH3 is 1. The number of ether oxygens (including phenoxy) is 2. The van der Waals surface area contributed by atoms with Gasteiger partial charge in [-0.25, -0.2) is 0 Å². The van der Waals surface area contributed by atoms with E-state index in [0.29, 0.717) is 24.0 Å². The minimum absolute atomic E-state index is 0.0287. The molecular formula is C17H23NO3. The summed E-state index contributed by atoms with van der Waals surface area (Å²) in [7, 11) is 1.62. The van der Waals surface area contributed by atoms with E-state index >= 15 is 0 Å². The molecule has 1 heterocycles. The van der Waals surface area contributed by atoms with Crippen molar-refractivity contribution in [2.24, 2.45) is 5.92 Å². The van der Waals surface area contributed by atoms with Crippen molar-refractivity contribution in [3.8, 4) is 11.5 Å². The molecule has 0 N–H and O–H groups in total. The summed E-state index contributed by atoms with van der Waals surface area (Å²) < 4.78 is 11.0. The first kappa shape index (κ1) is 15.4. The summed E-state index contributed by atoms with van der Waals surface area (Å²) in [6, 6.07) is 7.61. The highest BCUT2D eigenvalue weighted by molar-refractivity contribution is 5.91. The first-order chi connectivity index (χ1) is 9.99. The molecule has 2 rings (SSSR count). The van der Waals surface area contributed by atoms with E-state index in [-0.39, 0.29) is 11.9 Å². The van der Waals surface area contributed by atoms with Gasteiger partial charge in [0.15, 0.2) is 0 Å². The molecule has 1 amide bonds. The third kappa shape index (κ3) is 4.00. The fourth-order valence-corrected chi connectivity index (χ4v) is 2.57. The standard InChI is InChI=1S/C17H23NO3/c1-12(2)8-13(3)18-11-16(10-17(18)19)21-15-7-5-6-14(9-15)20-4/h5-7,9-10,12-13H,8,11H2,1-4H3. The highest BCUT2D eigenvalue weighted by Crippen LogP contribution is 2.24. The monoisotopic (exact) mass is 289 g/mol. The molecule has 0 saturated carbocycles. The molecule has 0 spiro atoms. The topological polar surface area (TPSA) is 38.8 Å². The Balaban J connectivity index is 2.00. The summed E-state index contributed by atoms with van der Waals surface area (Å²) >= 11 is 0. The second-order valence-electron chi connectivity index (χ2n) is 5.84. The Bertz CT molecular complexity index is 537. The lowest BCUT2D eigenvalue weighted by Gasteiger charge is -2.26. The van der Waals surface area contributed by atoms with E-state index in [2.05, 4.69) is 20.8 Å². The van der Waals surface area contributed by atoms with Crippen LogP contribution >= 0.6 is 0 Å². The second kappa shape index (κ2) is 6.66. The van der Waals surface area contributed by atoms with Gasteiger partial charge in [-0.05, 0) is 31.4 Å². The van der Waals surface area contributed by atoms with Gasteiger partial charge in [-0.3, -0.25) is 4.79 Å². The van der Waals surface area contributed by atoms with Crippen molar-refractivity contribution < 1.29 is 14.3 Å². The maximum absolute atomic E-state index is 12.1. The van der Waals surface area contributed by atoms with Crippen molar-refractivity contribution in [1.82, 2.24) is 4.90 Å². The van der Waals surface area contributed by atoms with Crippen LogP contribution in [0.3, 0.4) is 0 Å². The van der Waals surface area contributed by atoms with Crippen LogP contribution in [0.2, 0.25) is 0 Å². The summed E-state index contributed by atoms with van der Waals surface area (Å²) in [6.07, 6.45) is 2.57. The number of rotatable bonds is 6. The van der Waals surface area contributed by atoms with Gasteiger partial charge >= 0.3 is 0 Å². The van der Waals surface area contributed by atoms with Crippen molar-refractivity contribution in [3.63, 3.8) is 0 Å². The second-order valence-corrected chi connectivity index (χ2v) is 5.84. The Morgan fingerprint density at radius 3 is 2.62 bits per heavy atom. The number of hydrogen-bond donors (Lipinski definition) is 0. The van der Waals surface area contributed by atoms with Crippen LogP contribution in [-0.4, -0.2) is 30.5 Å². The average molecular weight is 289 g/mol. The molecule has 1 aromatic rings. The zero-order valence-electron chi connectivity index (χ0n) is 13.1. The van der Waals surface area contributed by atoms with E-state index in [4.69, 9.17) is 9.47 Å². The van der Waals surface area contributed by atoms with E-state index in [0.717, 1.165) is 12.2 Å². The predicted octanol–water partition coefficient (Wildman–Crippen LogP) is 3.23. The van der Waals surface area contributed by atoms with Gasteiger partial charge in [-0.1, -0.05) is 19.9 Å². The first-order valence-electron chi connectivity index (χ1n) is 7.32. The molecule has 0 fully saturated rings. The van der Waals surface area contributed by atoms with Gasteiger partial charge in [0.2, 0.25) is 0 Å². The smallest absolute Gasteiger partial charge is 0.250 e. The third-order valence-electron chi connectivity index (χ3n) is 3.53. The lowest BCUT2D eigenvalue weighted by molar-refractivity contribution is -0.126. The zero-order valence-corrected chi connectivity index (χ0v) is 13.1. The summed E-state index contributed by atoms with van der Waals surface area (Å²) in [6.45, 7) is 6.94. The Kier molecular flexibility index (Phi) is 4.89. The maximum Gasteiger partial charge on any atom is 0.250 e. The van der Waals surface area contributed by atoms with Crippen molar-refractivity contribution in [2.45, 2.75) is 33.2 Å². The number of nitrogens with zero attached hydrogens (tertiary/aromatic N) is 1. The summed E-state index contributed by atoms with van der Waals surface area (Å²) in [5.74, 6) is 2.70. The summed E-state index contributed by atoms with van der Waals surface area (Å²) in [5.41, 5.74) is 0. The van der Waals surface area contributed by atoms with Crippen LogP contribution in [-0.2, 0) is 4.79 Å². The molecule has 1 unspecified atom stereocenters. The fourth-order valence-electron chi connectivity index (χ4n) is 2.57. The van der Waals surface area contributed by atoms with E-state index in [1.165, 1.54) is 0 Å². The predicted molar refractivity (Wildman–Crippen MR) is 82.3 cm³/mol. The molecule has 114 valence electrons. The van der Waals surface area contributed by atoms with Crippen LogP contribution in [0.15, 0.2) is 36.1 Å². The molecule has 4 nitrogen and oxygen atoms in total. The van der Waals surface area contributed by atoms with Crippen LogP contribution in [0, 0.1) is 5.92 Å². The van der Waals surface area contributed by atoms with Crippen LogP contribution in [0.4, 0.5) is 0 Å². The lowest BCUT2D eigenvalue weighted by Crippen LogP contribution is -2.36. The zero-order chi connectivity index (χ0) is 15.4. The highest BCUT2D eigenvalue weighted by atomic mass is 16.5. The number of benzene rings is 1. The quantitative estimate of drug-likeness (QED) is 0.807. The fraction of sp³-hybridized carbons (Fsp3) is 0.471. The summed E-state index contributed by atoms with van der Waals surface area (Å²) in [4.78, 5) is 13.9. The Hall–Kier alpha value is -1.97. The van der Waals surface area contributed by atoms with Crippen molar-refractivity contribution in [2.75, 3.05) is 13.7 Å². The third-order valence-corrected chi connectivity index (χ3v) is 3.53. The highest BCUT2D eigenvalue weighted by Gasteiger charge is 2.27. The minimum atomic E-state index is 0.0287. The number of amides is 1. The Morgan fingerprint density at radius 2 is 1.95 bits per heavy atom. The van der Waals surface area contributed by atoms with Crippen LogP contribution in [0.25, 0.3) is 0 Å². The molecular weight excluding hydrogens is 266 g/mol. The molecule has 1 aliphatic rings. The molecule has 0 bridgehead atoms. The molecule has 21 heavy (non-hydrogen) atoms. The molecule has 0 aromatic heterocycles. The molecule has 1 aliphatic heterocycles. The molecule has 0 saturated heterocycles. The van der Waals surface area contributed by atoms with Gasteiger partial charge in [-0.15, -0.1) is 0 Å². The number of carbonyl (C=O) groups is 1. The van der Waals surface area contributed by atoms with Gasteiger partial charge in [0.05, 0.1) is 13.7 Å². The van der Waals surface area contributed by atoms with E-state index < -0.39 is 0 Å². The largest absolute Gasteiger partial charge is 0.497 e. The van der Waals surface area contributed by atoms with Crippen LogP contribution < -0.4 is 9.47 Å². The van der Waals surface area contributed by atoms with Crippen molar-refractivity contribution in [1.29, 1.82) is 0 Å².